The minimum atomic E-state index is -0.481. The zero-order valence-electron chi connectivity index (χ0n) is 14.1. The Balaban J connectivity index is 1.96. The molecule has 1 saturated heterocycles. The van der Waals surface area contributed by atoms with E-state index in [2.05, 4.69) is 32.9 Å². The first-order valence-electron chi connectivity index (χ1n) is 8.09. The summed E-state index contributed by atoms with van der Waals surface area (Å²) in [6, 6.07) is 8.08. The molecule has 0 aromatic heterocycles. The SMILES string of the molecule is CC(Oc1ccc(C(C)(C)C)cc1)C(=O)N1CCCC(N)C1. The molecular weight excluding hydrogens is 276 g/mol. The smallest absolute Gasteiger partial charge is 0.263 e. The molecule has 2 atom stereocenters. The van der Waals surface area contributed by atoms with E-state index in [1.54, 1.807) is 6.92 Å². The van der Waals surface area contributed by atoms with Crippen molar-refractivity contribution < 1.29 is 9.53 Å². The van der Waals surface area contributed by atoms with E-state index < -0.39 is 6.10 Å². The van der Waals surface area contributed by atoms with Crippen molar-refractivity contribution in [1.29, 1.82) is 0 Å². The van der Waals surface area contributed by atoms with Gasteiger partial charge in [0.1, 0.15) is 5.75 Å². The molecule has 4 nitrogen and oxygen atoms in total. The van der Waals surface area contributed by atoms with E-state index in [1.165, 1.54) is 5.56 Å². The van der Waals surface area contributed by atoms with Crippen LogP contribution in [0.1, 0.15) is 46.1 Å². The van der Waals surface area contributed by atoms with E-state index in [1.807, 2.05) is 17.0 Å². The van der Waals surface area contributed by atoms with Crippen LogP contribution < -0.4 is 10.5 Å². The average Bonchev–Trinajstić information content (AvgIpc) is 2.46. The fourth-order valence-electron chi connectivity index (χ4n) is 2.76. The average molecular weight is 304 g/mol. The van der Waals surface area contributed by atoms with Gasteiger partial charge < -0.3 is 15.4 Å². The number of hydrogen-bond donors (Lipinski definition) is 1. The van der Waals surface area contributed by atoms with Gasteiger partial charge in [-0.05, 0) is 42.9 Å². The van der Waals surface area contributed by atoms with Gasteiger partial charge in [-0.2, -0.15) is 0 Å². The summed E-state index contributed by atoms with van der Waals surface area (Å²) < 4.78 is 5.80. The van der Waals surface area contributed by atoms with Crippen molar-refractivity contribution in [2.75, 3.05) is 13.1 Å². The van der Waals surface area contributed by atoms with E-state index in [9.17, 15) is 4.79 Å². The fraction of sp³-hybridized carbons (Fsp3) is 0.611. The lowest BCUT2D eigenvalue weighted by molar-refractivity contribution is -0.139. The van der Waals surface area contributed by atoms with E-state index in [-0.39, 0.29) is 17.4 Å². The predicted molar refractivity (Wildman–Crippen MR) is 89.0 cm³/mol. The second-order valence-electron chi connectivity index (χ2n) is 7.22. The summed E-state index contributed by atoms with van der Waals surface area (Å²) in [5.41, 5.74) is 7.30. The van der Waals surface area contributed by atoms with Crippen molar-refractivity contribution >= 4 is 5.91 Å². The van der Waals surface area contributed by atoms with Crippen LogP contribution in [0, 0.1) is 0 Å². The van der Waals surface area contributed by atoms with Gasteiger partial charge in [-0.3, -0.25) is 4.79 Å². The number of likely N-dealkylation sites (tertiary alicyclic amines) is 1. The molecule has 1 fully saturated rings. The Bertz CT molecular complexity index is 505. The van der Waals surface area contributed by atoms with Gasteiger partial charge in [0.2, 0.25) is 0 Å². The molecule has 0 saturated carbocycles. The van der Waals surface area contributed by atoms with Crippen LogP contribution in [0.3, 0.4) is 0 Å². The summed E-state index contributed by atoms with van der Waals surface area (Å²) in [6.45, 7) is 9.75. The molecule has 0 radical (unpaired) electrons. The van der Waals surface area contributed by atoms with Gasteiger partial charge in [0, 0.05) is 19.1 Å². The topological polar surface area (TPSA) is 55.6 Å². The normalized spacial score (nSPS) is 20.6. The van der Waals surface area contributed by atoms with Gasteiger partial charge in [-0.1, -0.05) is 32.9 Å². The molecule has 22 heavy (non-hydrogen) atoms. The first-order valence-corrected chi connectivity index (χ1v) is 8.09. The minimum Gasteiger partial charge on any atom is -0.481 e. The van der Waals surface area contributed by atoms with Crippen molar-refractivity contribution in [3.63, 3.8) is 0 Å². The number of rotatable bonds is 3. The van der Waals surface area contributed by atoms with Gasteiger partial charge >= 0.3 is 0 Å². The van der Waals surface area contributed by atoms with Gasteiger partial charge in [-0.15, -0.1) is 0 Å². The molecule has 1 heterocycles. The Morgan fingerprint density at radius 2 is 1.95 bits per heavy atom. The van der Waals surface area contributed by atoms with E-state index in [0.717, 1.165) is 25.1 Å². The molecule has 4 heteroatoms. The number of amides is 1. The number of piperidine rings is 1. The van der Waals surface area contributed by atoms with Crippen LogP contribution in [0.15, 0.2) is 24.3 Å². The zero-order valence-corrected chi connectivity index (χ0v) is 14.1. The minimum absolute atomic E-state index is 0.0232. The first-order chi connectivity index (χ1) is 10.3. The molecule has 1 aromatic rings. The second-order valence-corrected chi connectivity index (χ2v) is 7.22. The van der Waals surface area contributed by atoms with Gasteiger partial charge in [-0.25, -0.2) is 0 Å². The van der Waals surface area contributed by atoms with Gasteiger partial charge in [0.05, 0.1) is 0 Å². The molecule has 2 rings (SSSR count). The van der Waals surface area contributed by atoms with E-state index in [0.29, 0.717) is 6.54 Å². The van der Waals surface area contributed by atoms with Crippen LogP contribution in [0.5, 0.6) is 5.75 Å². The lowest BCUT2D eigenvalue weighted by Gasteiger charge is -2.32. The van der Waals surface area contributed by atoms with Crippen LogP contribution in [-0.4, -0.2) is 36.0 Å². The molecule has 1 aliphatic rings. The second kappa shape index (κ2) is 6.69. The van der Waals surface area contributed by atoms with Crippen LogP contribution in [0.4, 0.5) is 0 Å². The number of ether oxygens (including phenoxy) is 1. The highest BCUT2D eigenvalue weighted by Gasteiger charge is 2.26. The Kier molecular flexibility index (Phi) is 5.12. The molecule has 1 aliphatic heterocycles. The summed E-state index contributed by atoms with van der Waals surface area (Å²) in [6.07, 6.45) is 1.48. The molecule has 0 aliphatic carbocycles. The fourth-order valence-corrected chi connectivity index (χ4v) is 2.76. The number of nitrogens with two attached hydrogens (primary N) is 1. The highest BCUT2D eigenvalue weighted by molar-refractivity contribution is 5.81. The number of carbonyl (C=O) groups is 1. The third-order valence-electron chi connectivity index (χ3n) is 4.15. The molecular formula is C18H28N2O2. The lowest BCUT2D eigenvalue weighted by Crippen LogP contribution is -2.49. The van der Waals surface area contributed by atoms with Crippen molar-refractivity contribution in [3.8, 4) is 5.75 Å². The summed E-state index contributed by atoms with van der Waals surface area (Å²) in [5, 5.41) is 0. The molecule has 122 valence electrons. The maximum Gasteiger partial charge on any atom is 0.263 e. The molecule has 2 N–H and O–H groups in total. The highest BCUT2D eigenvalue weighted by Crippen LogP contribution is 2.25. The summed E-state index contributed by atoms with van der Waals surface area (Å²) in [4.78, 5) is 14.2. The van der Waals surface area contributed by atoms with Crippen LogP contribution in [0.2, 0.25) is 0 Å². The van der Waals surface area contributed by atoms with Crippen LogP contribution in [0.25, 0.3) is 0 Å². The molecule has 1 aromatic carbocycles. The number of benzene rings is 1. The molecule has 1 amide bonds. The monoisotopic (exact) mass is 304 g/mol. The third kappa shape index (κ3) is 4.23. The standard InChI is InChI=1S/C18H28N2O2/c1-13(17(21)20-11-5-6-15(19)12-20)22-16-9-7-14(8-10-16)18(2,3)4/h7-10,13,15H,5-6,11-12,19H2,1-4H3. The van der Waals surface area contributed by atoms with Crippen molar-refractivity contribution in [3.05, 3.63) is 29.8 Å². The third-order valence-corrected chi connectivity index (χ3v) is 4.15. The number of hydrogen-bond acceptors (Lipinski definition) is 3. The maximum atomic E-state index is 12.4. The summed E-state index contributed by atoms with van der Waals surface area (Å²) in [5.74, 6) is 0.755. The van der Waals surface area contributed by atoms with Crippen LogP contribution >= 0.6 is 0 Å². The van der Waals surface area contributed by atoms with Crippen molar-refractivity contribution in [1.82, 2.24) is 4.90 Å². The maximum absolute atomic E-state index is 12.4. The zero-order chi connectivity index (χ0) is 16.3. The number of carbonyl (C=O) groups excluding carboxylic acids is 1. The van der Waals surface area contributed by atoms with Crippen molar-refractivity contribution in [2.24, 2.45) is 5.73 Å². The Labute approximate surface area is 133 Å². The first kappa shape index (κ1) is 16.8. The van der Waals surface area contributed by atoms with Gasteiger partial charge in [0.15, 0.2) is 6.10 Å². The predicted octanol–water partition coefficient (Wildman–Crippen LogP) is 2.70. The lowest BCUT2D eigenvalue weighted by atomic mass is 9.87. The Hall–Kier alpha value is -1.55. The molecule has 0 bridgehead atoms. The van der Waals surface area contributed by atoms with E-state index in [4.69, 9.17) is 10.5 Å². The Morgan fingerprint density at radius 1 is 1.32 bits per heavy atom. The summed E-state index contributed by atoms with van der Waals surface area (Å²) >= 11 is 0. The number of nitrogens with zero attached hydrogens (tertiary/aromatic N) is 1. The quantitative estimate of drug-likeness (QED) is 0.934. The molecule has 2 unspecified atom stereocenters. The van der Waals surface area contributed by atoms with Gasteiger partial charge in [0.25, 0.3) is 5.91 Å². The van der Waals surface area contributed by atoms with Crippen LogP contribution in [-0.2, 0) is 10.2 Å². The molecule has 0 spiro atoms. The van der Waals surface area contributed by atoms with E-state index >= 15 is 0 Å². The highest BCUT2D eigenvalue weighted by atomic mass is 16.5. The summed E-state index contributed by atoms with van der Waals surface area (Å²) in [7, 11) is 0. The Morgan fingerprint density at radius 3 is 2.50 bits per heavy atom. The van der Waals surface area contributed by atoms with Crippen molar-refractivity contribution in [2.45, 2.75) is 58.1 Å². The largest absolute Gasteiger partial charge is 0.481 e.